The van der Waals surface area contributed by atoms with Gasteiger partial charge in [0, 0.05) is 16.5 Å². The molecule has 0 aliphatic rings. The number of benzene rings is 1. The minimum Gasteiger partial charge on any atom is -0.299 e. The summed E-state index contributed by atoms with van der Waals surface area (Å²) in [7, 11) is 0. The Morgan fingerprint density at radius 2 is 2.00 bits per heavy atom. The van der Waals surface area contributed by atoms with Crippen molar-refractivity contribution in [2.45, 2.75) is 33.6 Å². The Kier molecular flexibility index (Phi) is 3.34. The summed E-state index contributed by atoms with van der Waals surface area (Å²) < 4.78 is 1.33. The number of hydrogen-bond acceptors (Lipinski definition) is 2. The van der Waals surface area contributed by atoms with Crippen molar-refractivity contribution in [3.05, 3.63) is 35.2 Å². The van der Waals surface area contributed by atoms with E-state index in [-0.39, 0.29) is 5.41 Å². The third kappa shape index (κ3) is 2.75. The Balaban J connectivity index is 2.14. The van der Waals surface area contributed by atoms with Gasteiger partial charge in [-0.1, -0.05) is 39.0 Å². The molecule has 0 aliphatic heterocycles. The van der Waals surface area contributed by atoms with Crippen LogP contribution in [0.4, 0.5) is 0 Å². The van der Waals surface area contributed by atoms with Crippen LogP contribution in [0, 0.1) is 5.41 Å². The lowest BCUT2D eigenvalue weighted by molar-refractivity contribution is -0.126. The predicted octanol–water partition coefficient (Wildman–Crippen LogP) is 4.45. The molecule has 2 aromatic rings. The highest BCUT2D eigenvalue weighted by molar-refractivity contribution is 7.17. The molecule has 17 heavy (non-hydrogen) atoms. The Hall–Kier alpha value is -1.15. The van der Waals surface area contributed by atoms with E-state index in [2.05, 4.69) is 29.6 Å². The number of ketones is 1. The SMILES string of the molecule is CC(C)(C)C(=O)CCc1cccc2ccsc12. The number of rotatable bonds is 3. The molecule has 0 spiro atoms. The zero-order chi connectivity index (χ0) is 12.5. The zero-order valence-corrected chi connectivity index (χ0v) is 11.4. The number of hydrogen-bond donors (Lipinski definition) is 0. The number of thiophene rings is 1. The van der Waals surface area contributed by atoms with Crippen molar-refractivity contribution in [1.82, 2.24) is 0 Å². The highest BCUT2D eigenvalue weighted by atomic mass is 32.1. The molecule has 90 valence electrons. The molecule has 0 amide bonds. The van der Waals surface area contributed by atoms with E-state index in [0.717, 1.165) is 6.42 Å². The van der Waals surface area contributed by atoms with Gasteiger partial charge < -0.3 is 0 Å². The first-order chi connectivity index (χ1) is 7.98. The molecular weight excluding hydrogens is 228 g/mol. The maximum atomic E-state index is 11.9. The van der Waals surface area contributed by atoms with Crippen molar-refractivity contribution in [1.29, 1.82) is 0 Å². The summed E-state index contributed by atoms with van der Waals surface area (Å²) in [5.41, 5.74) is 1.08. The second-order valence-electron chi connectivity index (χ2n) is 5.43. The van der Waals surface area contributed by atoms with Gasteiger partial charge in [0.2, 0.25) is 0 Å². The van der Waals surface area contributed by atoms with Crippen molar-refractivity contribution in [3.8, 4) is 0 Å². The average molecular weight is 246 g/mol. The van der Waals surface area contributed by atoms with E-state index in [1.165, 1.54) is 15.6 Å². The molecule has 1 heterocycles. The van der Waals surface area contributed by atoms with E-state index in [0.29, 0.717) is 12.2 Å². The molecule has 0 radical (unpaired) electrons. The van der Waals surface area contributed by atoms with Crippen LogP contribution in [0.15, 0.2) is 29.6 Å². The van der Waals surface area contributed by atoms with Gasteiger partial charge in [0.05, 0.1) is 0 Å². The lowest BCUT2D eigenvalue weighted by Gasteiger charge is -2.16. The molecule has 2 rings (SSSR count). The third-order valence-corrected chi connectivity index (χ3v) is 4.02. The fourth-order valence-corrected chi connectivity index (χ4v) is 2.82. The summed E-state index contributed by atoms with van der Waals surface area (Å²) >= 11 is 1.76. The lowest BCUT2D eigenvalue weighted by atomic mass is 9.87. The summed E-state index contributed by atoms with van der Waals surface area (Å²) in [5.74, 6) is 0.339. The number of carbonyl (C=O) groups is 1. The topological polar surface area (TPSA) is 17.1 Å². The third-order valence-electron chi connectivity index (χ3n) is 3.02. The molecule has 1 nitrogen and oxygen atoms in total. The van der Waals surface area contributed by atoms with E-state index < -0.39 is 0 Å². The van der Waals surface area contributed by atoms with Gasteiger partial charge in [0.1, 0.15) is 5.78 Å². The zero-order valence-electron chi connectivity index (χ0n) is 10.6. The minimum absolute atomic E-state index is 0.219. The monoisotopic (exact) mass is 246 g/mol. The largest absolute Gasteiger partial charge is 0.299 e. The second kappa shape index (κ2) is 4.61. The Labute approximate surface area is 106 Å². The van der Waals surface area contributed by atoms with E-state index in [9.17, 15) is 4.79 Å². The Bertz CT molecular complexity index is 531. The van der Waals surface area contributed by atoms with Crippen molar-refractivity contribution in [3.63, 3.8) is 0 Å². The first-order valence-electron chi connectivity index (χ1n) is 5.97. The van der Waals surface area contributed by atoms with Gasteiger partial charge in [-0.2, -0.15) is 0 Å². The van der Waals surface area contributed by atoms with Crippen LogP contribution in [-0.2, 0) is 11.2 Å². The van der Waals surface area contributed by atoms with Crippen LogP contribution in [0.2, 0.25) is 0 Å². The van der Waals surface area contributed by atoms with Gasteiger partial charge in [0.25, 0.3) is 0 Å². The van der Waals surface area contributed by atoms with Crippen LogP contribution in [0.5, 0.6) is 0 Å². The van der Waals surface area contributed by atoms with Crippen molar-refractivity contribution < 1.29 is 4.79 Å². The van der Waals surface area contributed by atoms with Crippen molar-refractivity contribution in [2.75, 3.05) is 0 Å². The Morgan fingerprint density at radius 1 is 1.24 bits per heavy atom. The number of Topliss-reactive ketones (excluding diaryl/α,β-unsaturated/α-hetero) is 1. The first-order valence-corrected chi connectivity index (χ1v) is 6.85. The first kappa shape index (κ1) is 12.3. The standard InChI is InChI=1S/C15H18OS/c1-15(2,3)13(16)8-7-11-5-4-6-12-9-10-17-14(11)12/h4-6,9-10H,7-8H2,1-3H3. The van der Waals surface area contributed by atoms with Crippen molar-refractivity contribution in [2.24, 2.45) is 5.41 Å². The average Bonchev–Trinajstić information content (AvgIpc) is 2.72. The van der Waals surface area contributed by atoms with Gasteiger partial charge in [-0.25, -0.2) is 0 Å². The summed E-state index contributed by atoms with van der Waals surface area (Å²) in [4.78, 5) is 11.9. The summed E-state index contributed by atoms with van der Waals surface area (Å²) in [5, 5.41) is 3.40. The molecule has 1 aromatic carbocycles. The van der Waals surface area contributed by atoms with Crippen LogP contribution < -0.4 is 0 Å². The van der Waals surface area contributed by atoms with Crippen molar-refractivity contribution >= 4 is 27.2 Å². The van der Waals surface area contributed by atoms with Gasteiger partial charge in [-0.3, -0.25) is 4.79 Å². The minimum atomic E-state index is -0.219. The highest BCUT2D eigenvalue weighted by Gasteiger charge is 2.20. The van der Waals surface area contributed by atoms with E-state index >= 15 is 0 Å². The highest BCUT2D eigenvalue weighted by Crippen LogP contribution is 2.26. The van der Waals surface area contributed by atoms with E-state index in [4.69, 9.17) is 0 Å². The van der Waals surface area contributed by atoms with Crippen LogP contribution >= 0.6 is 11.3 Å². The molecule has 1 aromatic heterocycles. The lowest BCUT2D eigenvalue weighted by Crippen LogP contribution is -2.20. The molecule has 0 fully saturated rings. The smallest absolute Gasteiger partial charge is 0.138 e. The normalized spacial score (nSPS) is 11.9. The van der Waals surface area contributed by atoms with Crippen LogP contribution in [0.1, 0.15) is 32.8 Å². The molecule has 0 saturated heterocycles. The van der Waals surface area contributed by atoms with E-state index in [1.54, 1.807) is 11.3 Å². The quantitative estimate of drug-likeness (QED) is 0.782. The molecule has 0 N–H and O–H groups in total. The molecular formula is C15H18OS. The molecule has 2 heteroatoms. The molecule has 0 bridgehead atoms. The van der Waals surface area contributed by atoms with Gasteiger partial charge in [0.15, 0.2) is 0 Å². The van der Waals surface area contributed by atoms with Gasteiger partial charge in [-0.15, -0.1) is 11.3 Å². The second-order valence-corrected chi connectivity index (χ2v) is 6.35. The fraction of sp³-hybridized carbons (Fsp3) is 0.400. The van der Waals surface area contributed by atoms with Gasteiger partial charge >= 0.3 is 0 Å². The number of carbonyl (C=O) groups excluding carboxylic acids is 1. The van der Waals surface area contributed by atoms with Crippen LogP contribution in [0.3, 0.4) is 0 Å². The van der Waals surface area contributed by atoms with Gasteiger partial charge in [-0.05, 0) is 28.8 Å². The summed E-state index contributed by atoms with van der Waals surface area (Å²) in [6.07, 6.45) is 1.49. The maximum absolute atomic E-state index is 11.9. The summed E-state index contributed by atoms with van der Waals surface area (Å²) in [6.45, 7) is 5.96. The maximum Gasteiger partial charge on any atom is 0.138 e. The fourth-order valence-electron chi connectivity index (χ4n) is 1.88. The summed E-state index contributed by atoms with van der Waals surface area (Å²) in [6, 6.07) is 8.47. The molecule has 0 unspecified atom stereocenters. The molecule has 0 atom stereocenters. The molecule has 0 saturated carbocycles. The predicted molar refractivity (Wildman–Crippen MR) is 74.6 cm³/mol. The van der Waals surface area contributed by atoms with E-state index in [1.807, 2.05) is 20.8 Å². The molecule has 0 aliphatic carbocycles. The van der Waals surface area contributed by atoms with Crippen LogP contribution in [-0.4, -0.2) is 5.78 Å². The number of aryl methyl sites for hydroxylation is 1. The number of fused-ring (bicyclic) bond motifs is 1. The van der Waals surface area contributed by atoms with Crippen LogP contribution in [0.25, 0.3) is 10.1 Å². The Morgan fingerprint density at radius 3 is 2.71 bits per heavy atom.